The van der Waals surface area contributed by atoms with Gasteiger partial charge in [0.05, 0.1) is 17.0 Å². The summed E-state index contributed by atoms with van der Waals surface area (Å²) in [4.78, 5) is 17.3. The van der Waals surface area contributed by atoms with Crippen molar-refractivity contribution in [3.63, 3.8) is 0 Å². The number of aliphatic hydroxyl groups is 1. The fraction of sp³-hybridized carbons (Fsp3) is 0.391. The van der Waals surface area contributed by atoms with Crippen molar-refractivity contribution in [2.45, 2.75) is 50.9 Å². The standard InChI is InChI=1S/C23H28N2O3S/c1-5-25-21(27)19-8-6-7-9-20(19)24-22(25)29-15-17(26)14-28-18-12-10-16(11-13-18)23(2,3)4/h6-13,17,26H,5,14-15H2,1-4H3/t17-/m0/s1. The fourth-order valence-electron chi connectivity index (χ4n) is 3.00. The number of thioether (sulfide) groups is 1. The maximum absolute atomic E-state index is 12.7. The molecule has 154 valence electrons. The number of aromatic nitrogens is 2. The van der Waals surface area contributed by atoms with E-state index >= 15 is 0 Å². The number of para-hydroxylation sites is 1. The highest BCUT2D eigenvalue weighted by molar-refractivity contribution is 7.99. The fourth-order valence-corrected chi connectivity index (χ4v) is 3.97. The Morgan fingerprint density at radius 2 is 1.83 bits per heavy atom. The van der Waals surface area contributed by atoms with Crippen LogP contribution >= 0.6 is 11.8 Å². The Morgan fingerprint density at radius 3 is 2.48 bits per heavy atom. The molecule has 2 aromatic carbocycles. The van der Waals surface area contributed by atoms with Gasteiger partial charge in [-0.15, -0.1) is 0 Å². The van der Waals surface area contributed by atoms with Gasteiger partial charge in [0.15, 0.2) is 5.16 Å². The van der Waals surface area contributed by atoms with Crippen LogP contribution in [0.1, 0.15) is 33.3 Å². The average Bonchev–Trinajstić information content (AvgIpc) is 2.70. The lowest BCUT2D eigenvalue weighted by Gasteiger charge is -2.19. The van der Waals surface area contributed by atoms with Crippen LogP contribution in [0.4, 0.5) is 0 Å². The van der Waals surface area contributed by atoms with Crippen molar-refractivity contribution in [1.29, 1.82) is 0 Å². The number of hydrogen-bond acceptors (Lipinski definition) is 5. The van der Waals surface area contributed by atoms with Gasteiger partial charge in [0.1, 0.15) is 12.4 Å². The Labute approximate surface area is 175 Å². The number of ether oxygens (including phenoxy) is 1. The van der Waals surface area contributed by atoms with Crippen LogP contribution in [0, 0.1) is 0 Å². The van der Waals surface area contributed by atoms with Crippen LogP contribution in [-0.4, -0.2) is 33.1 Å². The highest BCUT2D eigenvalue weighted by Gasteiger charge is 2.15. The van der Waals surface area contributed by atoms with E-state index in [0.29, 0.717) is 28.4 Å². The van der Waals surface area contributed by atoms with E-state index in [1.807, 2.05) is 37.3 Å². The first-order valence-corrected chi connectivity index (χ1v) is 10.8. The Hall–Kier alpha value is -2.31. The second kappa shape index (κ2) is 9.01. The minimum absolute atomic E-state index is 0.0507. The number of nitrogens with zero attached hydrogens (tertiary/aromatic N) is 2. The molecule has 6 heteroatoms. The number of benzene rings is 2. The molecule has 0 unspecified atom stereocenters. The van der Waals surface area contributed by atoms with E-state index in [2.05, 4.69) is 37.9 Å². The predicted octanol–water partition coefficient (Wildman–Crippen LogP) is 4.25. The first-order chi connectivity index (χ1) is 13.8. The molecular formula is C23H28N2O3S. The van der Waals surface area contributed by atoms with Crippen LogP contribution in [-0.2, 0) is 12.0 Å². The van der Waals surface area contributed by atoms with Gasteiger partial charge in [-0.25, -0.2) is 4.98 Å². The van der Waals surface area contributed by atoms with Crippen LogP contribution < -0.4 is 10.3 Å². The quantitative estimate of drug-likeness (QED) is 0.464. The molecule has 1 atom stereocenters. The van der Waals surface area contributed by atoms with E-state index in [1.54, 1.807) is 10.6 Å². The maximum Gasteiger partial charge on any atom is 0.262 e. The largest absolute Gasteiger partial charge is 0.491 e. The second-order valence-corrected chi connectivity index (χ2v) is 9.00. The zero-order valence-corrected chi connectivity index (χ0v) is 18.2. The summed E-state index contributed by atoms with van der Waals surface area (Å²) in [5.74, 6) is 1.13. The van der Waals surface area contributed by atoms with Crippen LogP contribution in [0.15, 0.2) is 58.5 Å². The van der Waals surface area contributed by atoms with Crippen molar-refractivity contribution in [2.24, 2.45) is 0 Å². The summed E-state index contributed by atoms with van der Waals surface area (Å²) in [6.45, 7) is 9.14. The highest BCUT2D eigenvalue weighted by Crippen LogP contribution is 2.24. The van der Waals surface area contributed by atoms with Gasteiger partial charge in [0.25, 0.3) is 5.56 Å². The van der Waals surface area contributed by atoms with E-state index in [4.69, 9.17) is 4.74 Å². The molecule has 5 nitrogen and oxygen atoms in total. The highest BCUT2D eigenvalue weighted by atomic mass is 32.2. The van der Waals surface area contributed by atoms with E-state index in [-0.39, 0.29) is 17.6 Å². The lowest BCUT2D eigenvalue weighted by Crippen LogP contribution is -2.24. The number of aliphatic hydroxyl groups excluding tert-OH is 1. The third-order valence-electron chi connectivity index (χ3n) is 4.71. The lowest BCUT2D eigenvalue weighted by atomic mass is 9.87. The first-order valence-electron chi connectivity index (χ1n) is 9.83. The van der Waals surface area contributed by atoms with Gasteiger partial charge >= 0.3 is 0 Å². The molecule has 0 aliphatic rings. The molecule has 1 N–H and O–H groups in total. The second-order valence-electron chi connectivity index (χ2n) is 8.01. The Kier molecular flexibility index (Phi) is 6.65. The SMILES string of the molecule is CCn1c(SC[C@@H](O)COc2ccc(C(C)(C)C)cc2)nc2ccccc2c1=O. The van der Waals surface area contributed by atoms with Crippen LogP contribution in [0.25, 0.3) is 10.9 Å². The van der Waals surface area contributed by atoms with Gasteiger partial charge in [-0.1, -0.05) is 56.8 Å². The summed E-state index contributed by atoms with van der Waals surface area (Å²) in [6, 6.07) is 15.3. The van der Waals surface area contributed by atoms with Crippen molar-refractivity contribution in [1.82, 2.24) is 9.55 Å². The topological polar surface area (TPSA) is 64.3 Å². The van der Waals surface area contributed by atoms with Crippen LogP contribution in [0.2, 0.25) is 0 Å². The van der Waals surface area contributed by atoms with Gasteiger partial charge in [-0.05, 0) is 42.2 Å². The minimum Gasteiger partial charge on any atom is -0.491 e. The molecule has 0 amide bonds. The summed E-state index contributed by atoms with van der Waals surface area (Å²) >= 11 is 1.37. The summed E-state index contributed by atoms with van der Waals surface area (Å²) in [6.07, 6.45) is -0.670. The van der Waals surface area contributed by atoms with Gasteiger partial charge in [-0.2, -0.15) is 0 Å². The normalized spacial score (nSPS) is 12.9. The zero-order chi connectivity index (χ0) is 21.0. The Balaban J connectivity index is 1.62. The molecule has 1 aromatic heterocycles. The molecule has 3 rings (SSSR count). The maximum atomic E-state index is 12.7. The molecule has 0 radical (unpaired) electrons. The molecule has 29 heavy (non-hydrogen) atoms. The van der Waals surface area contributed by atoms with Gasteiger partial charge < -0.3 is 9.84 Å². The Morgan fingerprint density at radius 1 is 1.14 bits per heavy atom. The number of fused-ring (bicyclic) bond motifs is 1. The van der Waals surface area contributed by atoms with E-state index < -0.39 is 6.10 Å². The van der Waals surface area contributed by atoms with E-state index in [9.17, 15) is 9.90 Å². The van der Waals surface area contributed by atoms with Crippen molar-refractivity contribution in [3.05, 3.63) is 64.4 Å². The van der Waals surface area contributed by atoms with Crippen molar-refractivity contribution in [2.75, 3.05) is 12.4 Å². The summed E-state index contributed by atoms with van der Waals surface area (Å²) in [5, 5.41) is 11.6. The van der Waals surface area contributed by atoms with Gasteiger partial charge in [0, 0.05) is 12.3 Å². The molecule has 0 fully saturated rings. The summed E-state index contributed by atoms with van der Waals surface area (Å²) in [7, 11) is 0. The third kappa shape index (κ3) is 5.19. The van der Waals surface area contributed by atoms with Crippen molar-refractivity contribution >= 4 is 22.7 Å². The third-order valence-corrected chi connectivity index (χ3v) is 5.83. The molecule has 0 aliphatic carbocycles. The molecule has 0 bridgehead atoms. The summed E-state index contributed by atoms with van der Waals surface area (Å²) in [5.41, 5.74) is 1.96. The van der Waals surface area contributed by atoms with Crippen LogP contribution in [0.3, 0.4) is 0 Å². The molecular weight excluding hydrogens is 384 g/mol. The molecule has 0 spiro atoms. The van der Waals surface area contributed by atoms with Gasteiger partial charge in [0.2, 0.25) is 0 Å². The molecule has 0 saturated heterocycles. The number of hydrogen-bond donors (Lipinski definition) is 1. The molecule has 1 heterocycles. The summed E-state index contributed by atoms with van der Waals surface area (Å²) < 4.78 is 7.37. The monoisotopic (exact) mass is 412 g/mol. The predicted molar refractivity (Wildman–Crippen MR) is 119 cm³/mol. The Bertz CT molecular complexity index is 1020. The van der Waals surface area contributed by atoms with E-state index in [0.717, 1.165) is 5.75 Å². The molecule has 0 saturated carbocycles. The molecule has 0 aliphatic heterocycles. The number of rotatable bonds is 7. The van der Waals surface area contributed by atoms with Crippen LogP contribution in [0.5, 0.6) is 5.75 Å². The van der Waals surface area contributed by atoms with E-state index in [1.165, 1.54) is 17.3 Å². The lowest BCUT2D eigenvalue weighted by molar-refractivity contribution is 0.126. The van der Waals surface area contributed by atoms with Crippen molar-refractivity contribution in [3.8, 4) is 5.75 Å². The zero-order valence-electron chi connectivity index (χ0n) is 17.4. The minimum atomic E-state index is -0.670. The van der Waals surface area contributed by atoms with Gasteiger partial charge in [-0.3, -0.25) is 9.36 Å². The average molecular weight is 413 g/mol. The molecule has 3 aromatic rings. The first kappa shape index (κ1) is 21.4. The smallest absolute Gasteiger partial charge is 0.262 e. The van der Waals surface area contributed by atoms with Crippen molar-refractivity contribution < 1.29 is 9.84 Å².